The van der Waals surface area contributed by atoms with Gasteiger partial charge in [-0.3, -0.25) is 0 Å². The van der Waals surface area contributed by atoms with Gasteiger partial charge in [-0.1, -0.05) is 38.1 Å². The second-order valence-electron chi connectivity index (χ2n) is 6.29. The molecule has 2 atom stereocenters. The van der Waals surface area contributed by atoms with Crippen LogP contribution in [0.3, 0.4) is 0 Å². The van der Waals surface area contributed by atoms with Crippen LogP contribution in [0.15, 0.2) is 29.1 Å². The molecule has 1 aliphatic carbocycles. The summed E-state index contributed by atoms with van der Waals surface area (Å²) in [7, 11) is 0. The molecule has 0 amide bonds. The molecule has 5 heteroatoms. The maximum Gasteiger partial charge on any atom is 0.344 e. The number of hydrogen-bond donors (Lipinski definition) is 1. The average molecular weight is 307 g/mol. The fourth-order valence-corrected chi connectivity index (χ4v) is 3.30. The largest absolute Gasteiger partial charge is 0.511 e. The standard InChI is InChI=1S/C17H25NO4/c1-4-6-13(18-21-9-5-2)15-14(19)11-17(22-16(15)20)8-7-12(3)10-17/h5,12,19H,2,4,6-11H2,1,3H3/b18-13+. The smallest absolute Gasteiger partial charge is 0.344 e. The molecule has 1 fully saturated rings. The van der Waals surface area contributed by atoms with Gasteiger partial charge in [-0.05, 0) is 31.6 Å². The lowest BCUT2D eigenvalue weighted by molar-refractivity contribution is -0.157. The van der Waals surface area contributed by atoms with Crippen molar-refractivity contribution in [3.63, 3.8) is 0 Å². The van der Waals surface area contributed by atoms with E-state index in [4.69, 9.17) is 9.57 Å². The van der Waals surface area contributed by atoms with E-state index in [1.165, 1.54) is 0 Å². The molecule has 2 aliphatic rings. The molecule has 1 saturated carbocycles. The van der Waals surface area contributed by atoms with E-state index in [0.717, 1.165) is 25.7 Å². The van der Waals surface area contributed by atoms with Crippen molar-refractivity contribution in [3.8, 4) is 0 Å². The van der Waals surface area contributed by atoms with E-state index in [-0.39, 0.29) is 17.9 Å². The molecule has 1 N–H and O–H groups in total. The molecular formula is C17H25NO4. The van der Waals surface area contributed by atoms with Gasteiger partial charge in [0.15, 0.2) is 0 Å². The molecular weight excluding hydrogens is 282 g/mol. The molecule has 0 aromatic rings. The Morgan fingerprint density at radius 1 is 1.64 bits per heavy atom. The highest BCUT2D eigenvalue weighted by molar-refractivity contribution is 6.20. The van der Waals surface area contributed by atoms with Crippen molar-refractivity contribution in [2.75, 3.05) is 6.61 Å². The lowest BCUT2D eigenvalue weighted by Gasteiger charge is -2.34. The second-order valence-corrected chi connectivity index (χ2v) is 6.29. The molecule has 1 aliphatic heterocycles. The number of ether oxygens (including phenoxy) is 1. The van der Waals surface area contributed by atoms with Gasteiger partial charge >= 0.3 is 5.97 Å². The zero-order valence-electron chi connectivity index (χ0n) is 13.4. The van der Waals surface area contributed by atoms with Crippen LogP contribution in [0.5, 0.6) is 0 Å². The zero-order chi connectivity index (χ0) is 16.2. The number of nitrogens with zero attached hydrogens (tertiary/aromatic N) is 1. The lowest BCUT2D eigenvalue weighted by Crippen LogP contribution is -2.39. The summed E-state index contributed by atoms with van der Waals surface area (Å²) in [4.78, 5) is 17.5. The van der Waals surface area contributed by atoms with Crippen LogP contribution in [0.1, 0.15) is 52.4 Å². The molecule has 2 unspecified atom stereocenters. The quantitative estimate of drug-likeness (QED) is 0.267. The fraction of sp³-hybridized carbons (Fsp3) is 0.647. The van der Waals surface area contributed by atoms with Gasteiger partial charge in [-0.15, -0.1) is 0 Å². The molecule has 22 heavy (non-hydrogen) atoms. The Hall–Kier alpha value is -1.78. The highest BCUT2D eigenvalue weighted by atomic mass is 16.6. The Kier molecular flexibility index (Phi) is 5.27. The third kappa shape index (κ3) is 3.51. The Labute approximate surface area is 131 Å². The highest BCUT2D eigenvalue weighted by Gasteiger charge is 2.47. The summed E-state index contributed by atoms with van der Waals surface area (Å²) in [5, 5.41) is 14.4. The summed E-state index contributed by atoms with van der Waals surface area (Å²) in [6.45, 7) is 7.94. The molecule has 0 bridgehead atoms. The van der Waals surface area contributed by atoms with Gasteiger partial charge in [-0.2, -0.15) is 0 Å². The molecule has 1 heterocycles. The first-order valence-electron chi connectivity index (χ1n) is 7.97. The zero-order valence-corrected chi connectivity index (χ0v) is 13.4. The van der Waals surface area contributed by atoms with Gasteiger partial charge in [0.05, 0.1) is 5.71 Å². The Balaban J connectivity index is 2.24. The summed E-state index contributed by atoms with van der Waals surface area (Å²) in [5.74, 6) is 0.119. The number of hydrogen-bond acceptors (Lipinski definition) is 5. The third-order valence-electron chi connectivity index (χ3n) is 4.25. The van der Waals surface area contributed by atoms with Crippen molar-refractivity contribution in [1.29, 1.82) is 0 Å². The van der Waals surface area contributed by atoms with Crippen molar-refractivity contribution in [1.82, 2.24) is 0 Å². The van der Waals surface area contributed by atoms with Crippen molar-refractivity contribution < 1.29 is 19.5 Å². The van der Waals surface area contributed by atoms with Crippen LogP contribution in [0.2, 0.25) is 0 Å². The number of aliphatic hydroxyl groups is 1. The second kappa shape index (κ2) is 6.99. The predicted octanol–water partition coefficient (Wildman–Crippen LogP) is 3.66. The van der Waals surface area contributed by atoms with E-state index in [9.17, 15) is 9.90 Å². The molecule has 2 rings (SSSR count). The third-order valence-corrected chi connectivity index (χ3v) is 4.25. The number of esters is 1. The van der Waals surface area contributed by atoms with Crippen LogP contribution in [-0.2, 0) is 14.4 Å². The average Bonchev–Trinajstić information content (AvgIpc) is 2.78. The van der Waals surface area contributed by atoms with E-state index in [1.54, 1.807) is 6.08 Å². The molecule has 0 radical (unpaired) electrons. The maximum absolute atomic E-state index is 12.4. The molecule has 122 valence electrons. The predicted molar refractivity (Wildman–Crippen MR) is 84.6 cm³/mol. The summed E-state index contributed by atoms with van der Waals surface area (Å²) in [6.07, 6.45) is 5.94. The van der Waals surface area contributed by atoms with Gasteiger partial charge < -0.3 is 14.7 Å². The monoisotopic (exact) mass is 307 g/mol. The van der Waals surface area contributed by atoms with Crippen LogP contribution in [0.4, 0.5) is 0 Å². The van der Waals surface area contributed by atoms with E-state index in [2.05, 4.69) is 18.7 Å². The van der Waals surface area contributed by atoms with Gasteiger partial charge in [0.25, 0.3) is 0 Å². The number of carbonyl (C=O) groups excluding carboxylic acids is 1. The van der Waals surface area contributed by atoms with E-state index in [1.807, 2.05) is 6.92 Å². The van der Waals surface area contributed by atoms with Crippen molar-refractivity contribution in [3.05, 3.63) is 24.0 Å². The van der Waals surface area contributed by atoms with E-state index < -0.39 is 11.6 Å². The summed E-state index contributed by atoms with van der Waals surface area (Å²) >= 11 is 0. The molecule has 0 aromatic carbocycles. The van der Waals surface area contributed by atoms with Gasteiger partial charge in [0.1, 0.15) is 23.5 Å². The molecule has 1 spiro atoms. The van der Waals surface area contributed by atoms with Gasteiger partial charge in [0.2, 0.25) is 0 Å². The van der Waals surface area contributed by atoms with E-state index in [0.29, 0.717) is 24.5 Å². The normalized spacial score (nSPS) is 28.9. The first-order chi connectivity index (χ1) is 10.5. The summed E-state index contributed by atoms with van der Waals surface area (Å²) in [5.41, 5.74) is 0.104. The number of aliphatic hydroxyl groups excluding tert-OH is 1. The van der Waals surface area contributed by atoms with Crippen molar-refractivity contribution in [2.24, 2.45) is 11.1 Å². The molecule has 0 aromatic heterocycles. The topological polar surface area (TPSA) is 68.1 Å². The Morgan fingerprint density at radius 2 is 2.41 bits per heavy atom. The highest BCUT2D eigenvalue weighted by Crippen LogP contribution is 2.44. The first-order valence-corrected chi connectivity index (χ1v) is 7.97. The minimum absolute atomic E-state index is 0.0831. The van der Waals surface area contributed by atoms with Crippen LogP contribution in [-0.4, -0.2) is 29.0 Å². The molecule has 5 nitrogen and oxygen atoms in total. The maximum atomic E-state index is 12.4. The van der Waals surface area contributed by atoms with Crippen molar-refractivity contribution >= 4 is 11.7 Å². The number of carbonyl (C=O) groups is 1. The van der Waals surface area contributed by atoms with Crippen LogP contribution in [0.25, 0.3) is 0 Å². The SMILES string of the molecule is C=CCO/N=C(\CCC)C1=C(O)CC2(CCC(C)C2)OC1=O. The fourth-order valence-electron chi connectivity index (χ4n) is 3.30. The van der Waals surface area contributed by atoms with Crippen LogP contribution < -0.4 is 0 Å². The lowest BCUT2D eigenvalue weighted by atomic mass is 9.89. The Bertz CT molecular complexity index is 509. The first kappa shape index (κ1) is 16.6. The summed E-state index contributed by atoms with van der Waals surface area (Å²) in [6, 6.07) is 0. The van der Waals surface area contributed by atoms with Crippen molar-refractivity contribution in [2.45, 2.75) is 58.0 Å². The van der Waals surface area contributed by atoms with Gasteiger partial charge in [-0.25, -0.2) is 4.79 Å². The van der Waals surface area contributed by atoms with Crippen LogP contribution in [0, 0.1) is 5.92 Å². The van der Waals surface area contributed by atoms with E-state index >= 15 is 0 Å². The Morgan fingerprint density at radius 3 is 2.95 bits per heavy atom. The minimum Gasteiger partial charge on any atom is -0.511 e. The van der Waals surface area contributed by atoms with Crippen LogP contribution >= 0.6 is 0 Å². The minimum atomic E-state index is -0.524. The summed E-state index contributed by atoms with van der Waals surface area (Å²) < 4.78 is 5.71. The molecule has 0 saturated heterocycles. The van der Waals surface area contributed by atoms with Gasteiger partial charge in [0, 0.05) is 6.42 Å². The number of rotatable bonds is 6. The number of oxime groups is 1.